The molecule has 3 nitrogen and oxygen atoms in total. The third-order valence-corrected chi connectivity index (χ3v) is 3.18. The summed E-state index contributed by atoms with van der Waals surface area (Å²) >= 11 is 0. The maximum atomic E-state index is 5.78. The molecule has 3 heteroatoms. The summed E-state index contributed by atoms with van der Waals surface area (Å²) in [5.41, 5.74) is 13.6. The van der Waals surface area contributed by atoms with Crippen molar-refractivity contribution >= 4 is 5.69 Å². The molecule has 15 heavy (non-hydrogen) atoms. The summed E-state index contributed by atoms with van der Waals surface area (Å²) in [6.45, 7) is 1.76. The summed E-state index contributed by atoms with van der Waals surface area (Å²) < 4.78 is 0. The van der Waals surface area contributed by atoms with Crippen LogP contribution in [0.4, 0.5) is 5.69 Å². The Bertz CT molecular complexity index is 316. The molecule has 0 bridgehead atoms. The van der Waals surface area contributed by atoms with Gasteiger partial charge in [0.1, 0.15) is 0 Å². The quantitative estimate of drug-likeness (QED) is 0.633. The number of hydrogen-bond donors (Lipinski definition) is 3. The van der Waals surface area contributed by atoms with Gasteiger partial charge in [0, 0.05) is 24.8 Å². The van der Waals surface area contributed by atoms with Crippen LogP contribution in [-0.4, -0.2) is 19.1 Å². The molecule has 1 heterocycles. The number of nitrogen functional groups attached to an aromatic ring is 1. The molecule has 2 unspecified atom stereocenters. The van der Waals surface area contributed by atoms with Crippen molar-refractivity contribution in [3.63, 3.8) is 0 Å². The van der Waals surface area contributed by atoms with Crippen LogP contribution in [0.2, 0.25) is 0 Å². The molecule has 0 amide bonds. The highest BCUT2D eigenvalue weighted by Gasteiger charge is 2.20. The highest BCUT2D eigenvalue weighted by Crippen LogP contribution is 2.25. The molecule has 2 rings (SSSR count). The largest absolute Gasteiger partial charge is 0.399 e. The third kappa shape index (κ3) is 2.49. The summed E-state index contributed by atoms with van der Waals surface area (Å²) in [6.07, 6.45) is 2.37. The fraction of sp³-hybridized carbons (Fsp3) is 0.500. The molecule has 0 aromatic heterocycles. The van der Waals surface area contributed by atoms with Gasteiger partial charge in [-0.2, -0.15) is 0 Å². The molecular weight excluding hydrogens is 186 g/mol. The average molecular weight is 205 g/mol. The molecule has 0 radical (unpaired) electrons. The molecule has 2 atom stereocenters. The maximum absolute atomic E-state index is 5.78. The SMILES string of the molecule is NCC1CCC(c2cccc(N)c2)CN1. The molecule has 5 N–H and O–H groups in total. The van der Waals surface area contributed by atoms with Crippen LogP contribution < -0.4 is 16.8 Å². The highest BCUT2D eigenvalue weighted by atomic mass is 14.9. The lowest BCUT2D eigenvalue weighted by atomic mass is 9.88. The Morgan fingerprint density at radius 2 is 2.20 bits per heavy atom. The van der Waals surface area contributed by atoms with Crippen molar-refractivity contribution in [3.05, 3.63) is 29.8 Å². The van der Waals surface area contributed by atoms with Crippen molar-refractivity contribution in [1.29, 1.82) is 0 Å². The minimum absolute atomic E-state index is 0.502. The van der Waals surface area contributed by atoms with E-state index in [4.69, 9.17) is 11.5 Å². The molecule has 1 aromatic rings. The topological polar surface area (TPSA) is 64.1 Å². The lowest BCUT2D eigenvalue weighted by Crippen LogP contribution is -2.42. The average Bonchev–Trinajstić information content (AvgIpc) is 2.29. The first-order valence-corrected chi connectivity index (χ1v) is 5.58. The molecular formula is C12H19N3. The number of piperidine rings is 1. The maximum Gasteiger partial charge on any atom is 0.0316 e. The number of nitrogens with one attached hydrogen (secondary N) is 1. The van der Waals surface area contributed by atoms with Crippen molar-refractivity contribution in [2.75, 3.05) is 18.8 Å². The van der Waals surface area contributed by atoms with Gasteiger partial charge in [-0.05, 0) is 36.5 Å². The van der Waals surface area contributed by atoms with Gasteiger partial charge >= 0.3 is 0 Å². The van der Waals surface area contributed by atoms with Crippen molar-refractivity contribution in [2.24, 2.45) is 5.73 Å². The molecule has 1 fully saturated rings. The minimum atomic E-state index is 0.502. The molecule has 1 aliphatic heterocycles. The van der Waals surface area contributed by atoms with Crippen LogP contribution in [0.15, 0.2) is 24.3 Å². The van der Waals surface area contributed by atoms with Crippen LogP contribution in [0.3, 0.4) is 0 Å². The molecule has 82 valence electrons. The van der Waals surface area contributed by atoms with E-state index in [0.29, 0.717) is 12.0 Å². The number of hydrogen-bond acceptors (Lipinski definition) is 3. The zero-order valence-corrected chi connectivity index (χ0v) is 8.95. The van der Waals surface area contributed by atoms with E-state index in [9.17, 15) is 0 Å². The summed E-state index contributed by atoms with van der Waals surface area (Å²) in [4.78, 5) is 0. The van der Waals surface area contributed by atoms with E-state index in [0.717, 1.165) is 25.2 Å². The van der Waals surface area contributed by atoms with Gasteiger partial charge in [-0.25, -0.2) is 0 Å². The van der Waals surface area contributed by atoms with Crippen LogP contribution in [0.5, 0.6) is 0 Å². The fourth-order valence-electron chi connectivity index (χ4n) is 2.21. The summed E-state index contributed by atoms with van der Waals surface area (Å²) in [5, 5.41) is 3.47. The van der Waals surface area contributed by atoms with Gasteiger partial charge in [-0.3, -0.25) is 0 Å². The zero-order valence-electron chi connectivity index (χ0n) is 8.95. The van der Waals surface area contributed by atoms with Crippen LogP contribution >= 0.6 is 0 Å². The predicted octanol–water partition coefficient (Wildman–Crippen LogP) is 1.06. The lowest BCUT2D eigenvalue weighted by molar-refractivity contribution is 0.371. The van der Waals surface area contributed by atoms with E-state index in [-0.39, 0.29) is 0 Å². The number of benzene rings is 1. The van der Waals surface area contributed by atoms with Crippen molar-refractivity contribution < 1.29 is 0 Å². The molecule has 0 saturated carbocycles. The van der Waals surface area contributed by atoms with E-state index in [1.54, 1.807) is 0 Å². The van der Waals surface area contributed by atoms with Gasteiger partial charge in [-0.1, -0.05) is 12.1 Å². The molecule has 1 saturated heterocycles. The van der Waals surface area contributed by atoms with Crippen molar-refractivity contribution in [3.8, 4) is 0 Å². The Balaban J connectivity index is 2.01. The molecule has 1 aliphatic rings. The van der Waals surface area contributed by atoms with Gasteiger partial charge in [0.05, 0.1) is 0 Å². The Kier molecular flexibility index (Phi) is 3.23. The summed E-state index contributed by atoms with van der Waals surface area (Å²) in [6, 6.07) is 8.70. The Morgan fingerprint density at radius 3 is 2.80 bits per heavy atom. The highest BCUT2D eigenvalue weighted by molar-refractivity contribution is 5.42. The number of nitrogens with two attached hydrogens (primary N) is 2. The van der Waals surface area contributed by atoms with Crippen LogP contribution in [0.1, 0.15) is 24.3 Å². The minimum Gasteiger partial charge on any atom is -0.399 e. The first-order valence-electron chi connectivity index (χ1n) is 5.58. The predicted molar refractivity (Wildman–Crippen MR) is 63.7 cm³/mol. The monoisotopic (exact) mass is 205 g/mol. The first-order chi connectivity index (χ1) is 7.29. The second kappa shape index (κ2) is 4.64. The van der Waals surface area contributed by atoms with Gasteiger partial charge in [0.2, 0.25) is 0 Å². The first kappa shape index (κ1) is 10.5. The number of rotatable bonds is 2. The molecule has 0 aliphatic carbocycles. The Hall–Kier alpha value is -1.06. The summed E-state index contributed by atoms with van der Waals surface area (Å²) in [5.74, 6) is 0.594. The second-order valence-corrected chi connectivity index (χ2v) is 4.29. The van der Waals surface area contributed by atoms with Gasteiger partial charge < -0.3 is 16.8 Å². The van der Waals surface area contributed by atoms with Crippen LogP contribution in [0.25, 0.3) is 0 Å². The van der Waals surface area contributed by atoms with E-state index in [2.05, 4.69) is 17.4 Å². The third-order valence-electron chi connectivity index (χ3n) is 3.18. The fourth-order valence-corrected chi connectivity index (χ4v) is 2.21. The zero-order chi connectivity index (χ0) is 10.7. The lowest BCUT2D eigenvalue weighted by Gasteiger charge is -2.29. The smallest absolute Gasteiger partial charge is 0.0316 e. The Morgan fingerprint density at radius 1 is 1.33 bits per heavy atom. The number of anilines is 1. The van der Waals surface area contributed by atoms with E-state index in [1.165, 1.54) is 12.0 Å². The van der Waals surface area contributed by atoms with Crippen LogP contribution in [0, 0.1) is 0 Å². The summed E-state index contributed by atoms with van der Waals surface area (Å²) in [7, 11) is 0. The van der Waals surface area contributed by atoms with E-state index >= 15 is 0 Å². The van der Waals surface area contributed by atoms with E-state index in [1.807, 2.05) is 12.1 Å². The normalized spacial score (nSPS) is 26.5. The van der Waals surface area contributed by atoms with Crippen molar-refractivity contribution in [2.45, 2.75) is 24.8 Å². The van der Waals surface area contributed by atoms with Crippen LogP contribution in [-0.2, 0) is 0 Å². The van der Waals surface area contributed by atoms with E-state index < -0.39 is 0 Å². The van der Waals surface area contributed by atoms with Gasteiger partial charge in [0.25, 0.3) is 0 Å². The molecule has 1 aromatic carbocycles. The van der Waals surface area contributed by atoms with Gasteiger partial charge in [0.15, 0.2) is 0 Å². The Labute approximate surface area is 90.8 Å². The molecule has 0 spiro atoms. The van der Waals surface area contributed by atoms with Gasteiger partial charge in [-0.15, -0.1) is 0 Å². The van der Waals surface area contributed by atoms with Crippen molar-refractivity contribution in [1.82, 2.24) is 5.32 Å². The standard InChI is InChI=1S/C12H19N3/c13-7-12-5-4-10(8-15-12)9-2-1-3-11(14)6-9/h1-3,6,10,12,15H,4-5,7-8,13-14H2. The second-order valence-electron chi connectivity index (χ2n) is 4.29.